The van der Waals surface area contributed by atoms with Gasteiger partial charge in [-0.2, -0.15) is 0 Å². The maximum atomic E-state index is 11.2. The van der Waals surface area contributed by atoms with E-state index in [9.17, 15) is 4.79 Å². The normalized spacial score (nSPS) is 10.7. The Bertz CT molecular complexity index is 161. The van der Waals surface area contributed by atoms with Crippen molar-refractivity contribution in [3.63, 3.8) is 0 Å². The molecule has 0 saturated carbocycles. The Hall–Kier alpha value is -0.610. The average molecular weight is 216 g/mol. The van der Waals surface area contributed by atoms with E-state index in [1.165, 1.54) is 0 Å². The Morgan fingerprint density at radius 3 is 2.67 bits per heavy atom. The number of methoxy groups -OCH3 is 1. The molecule has 0 aromatic carbocycles. The summed E-state index contributed by atoms with van der Waals surface area (Å²) >= 11 is 0. The molecule has 0 saturated heterocycles. The SMILES string of the molecule is COCCCCNCC(=O)NCC(C)C. The maximum Gasteiger partial charge on any atom is 0.233 e. The summed E-state index contributed by atoms with van der Waals surface area (Å²) < 4.78 is 4.93. The largest absolute Gasteiger partial charge is 0.385 e. The number of carbonyl (C=O) groups is 1. The highest BCUT2D eigenvalue weighted by molar-refractivity contribution is 5.77. The first-order chi connectivity index (χ1) is 7.16. The summed E-state index contributed by atoms with van der Waals surface area (Å²) in [7, 11) is 1.70. The van der Waals surface area contributed by atoms with Crippen LogP contribution in [0.5, 0.6) is 0 Å². The summed E-state index contributed by atoms with van der Waals surface area (Å²) in [5.74, 6) is 0.589. The van der Waals surface area contributed by atoms with E-state index in [0.717, 1.165) is 32.5 Å². The minimum Gasteiger partial charge on any atom is -0.385 e. The third-order valence-corrected chi connectivity index (χ3v) is 1.95. The van der Waals surface area contributed by atoms with Crippen LogP contribution in [0.1, 0.15) is 26.7 Å². The van der Waals surface area contributed by atoms with Crippen molar-refractivity contribution >= 4 is 5.91 Å². The van der Waals surface area contributed by atoms with Crippen molar-refractivity contribution in [3.8, 4) is 0 Å². The fourth-order valence-corrected chi connectivity index (χ4v) is 1.08. The molecular weight excluding hydrogens is 192 g/mol. The van der Waals surface area contributed by atoms with E-state index >= 15 is 0 Å². The Morgan fingerprint density at radius 2 is 2.07 bits per heavy atom. The van der Waals surface area contributed by atoms with Gasteiger partial charge in [-0.1, -0.05) is 13.8 Å². The minimum absolute atomic E-state index is 0.0791. The van der Waals surface area contributed by atoms with Crippen molar-refractivity contribution < 1.29 is 9.53 Å². The number of hydrogen-bond acceptors (Lipinski definition) is 3. The zero-order valence-corrected chi connectivity index (χ0v) is 10.1. The fraction of sp³-hybridized carbons (Fsp3) is 0.909. The van der Waals surface area contributed by atoms with Gasteiger partial charge in [0.1, 0.15) is 0 Å². The molecule has 0 aliphatic carbocycles. The van der Waals surface area contributed by atoms with Gasteiger partial charge in [0.15, 0.2) is 0 Å². The Morgan fingerprint density at radius 1 is 1.33 bits per heavy atom. The molecule has 0 aromatic heterocycles. The van der Waals surface area contributed by atoms with Crippen LogP contribution < -0.4 is 10.6 Å². The van der Waals surface area contributed by atoms with E-state index in [-0.39, 0.29) is 5.91 Å². The lowest BCUT2D eigenvalue weighted by Gasteiger charge is -2.08. The van der Waals surface area contributed by atoms with E-state index in [1.807, 2.05) is 0 Å². The molecule has 0 atom stereocenters. The molecule has 0 aromatic rings. The molecular formula is C11H24N2O2. The first-order valence-corrected chi connectivity index (χ1v) is 5.63. The third-order valence-electron chi connectivity index (χ3n) is 1.95. The number of nitrogens with one attached hydrogen (secondary N) is 2. The first-order valence-electron chi connectivity index (χ1n) is 5.63. The molecule has 90 valence electrons. The van der Waals surface area contributed by atoms with E-state index in [0.29, 0.717) is 12.5 Å². The highest BCUT2D eigenvalue weighted by Gasteiger charge is 2.00. The van der Waals surface area contributed by atoms with Crippen molar-refractivity contribution in [2.75, 3.05) is 33.4 Å². The summed E-state index contributed by atoms with van der Waals surface area (Å²) in [5, 5.41) is 5.96. The quantitative estimate of drug-likeness (QED) is 0.560. The summed E-state index contributed by atoms with van der Waals surface area (Å²) in [5.41, 5.74) is 0. The summed E-state index contributed by atoms with van der Waals surface area (Å²) in [6.45, 7) is 7.00. The topological polar surface area (TPSA) is 50.4 Å². The molecule has 4 nitrogen and oxygen atoms in total. The lowest BCUT2D eigenvalue weighted by atomic mass is 10.2. The van der Waals surface area contributed by atoms with E-state index in [1.54, 1.807) is 7.11 Å². The zero-order valence-electron chi connectivity index (χ0n) is 10.1. The summed E-state index contributed by atoms with van der Waals surface area (Å²) in [6, 6.07) is 0. The van der Waals surface area contributed by atoms with Crippen LogP contribution in [0.4, 0.5) is 0 Å². The third kappa shape index (κ3) is 11.3. The van der Waals surface area contributed by atoms with Crippen LogP contribution in [0.3, 0.4) is 0 Å². The summed E-state index contributed by atoms with van der Waals surface area (Å²) in [6.07, 6.45) is 2.09. The van der Waals surface area contributed by atoms with Crippen LogP contribution in [0, 0.1) is 5.92 Å². The summed E-state index contributed by atoms with van der Waals surface area (Å²) in [4.78, 5) is 11.2. The zero-order chi connectivity index (χ0) is 11.5. The Labute approximate surface area is 92.8 Å². The number of unbranched alkanes of at least 4 members (excludes halogenated alkanes) is 1. The molecule has 0 radical (unpaired) electrons. The second-order valence-electron chi connectivity index (χ2n) is 4.07. The molecule has 15 heavy (non-hydrogen) atoms. The second-order valence-corrected chi connectivity index (χ2v) is 4.07. The number of carbonyl (C=O) groups excluding carboxylic acids is 1. The lowest BCUT2D eigenvalue weighted by molar-refractivity contribution is -0.120. The van der Waals surface area contributed by atoms with Crippen LogP contribution in [0.25, 0.3) is 0 Å². The molecule has 0 rings (SSSR count). The lowest BCUT2D eigenvalue weighted by Crippen LogP contribution is -2.36. The van der Waals surface area contributed by atoms with Gasteiger partial charge in [-0.15, -0.1) is 0 Å². The molecule has 0 unspecified atom stereocenters. The van der Waals surface area contributed by atoms with Crippen molar-refractivity contribution in [2.45, 2.75) is 26.7 Å². The first kappa shape index (κ1) is 14.4. The van der Waals surface area contributed by atoms with Crippen LogP contribution >= 0.6 is 0 Å². The van der Waals surface area contributed by atoms with Crippen LogP contribution in [0.2, 0.25) is 0 Å². The van der Waals surface area contributed by atoms with Gasteiger partial charge in [-0.05, 0) is 25.3 Å². The molecule has 1 amide bonds. The smallest absolute Gasteiger partial charge is 0.233 e. The van der Waals surface area contributed by atoms with Crippen molar-refractivity contribution in [2.24, 2.45) is 5.92 Å². The van der Waals surface area contributed by atoms with Crippen LogP contribution in [-0.2, 0) is 9.53 Å². The molecule has 0 bridgehead atoms. The predicted octanol–water partition coefficient (Wildman–Crippen LogP) is 0.775. The molecule has 0 aliphatic rings. The monoisotopic (exact) mass is 216 g/mol. The highest BCUT2D eigenvalue weighted by Crippen LogP contribution is 1.87. The van der Waals surface area contributed by atoms with Gasteiger partial charge < -0.3 is 15.4 Å². The molecule has 0 fully saturated rings. The molecule has 0 spiro atoms. The van der Waals surface area contributed by atoms with E-state index in [4.69, 9.17) is 4.74 Å². The fourth-order valence-electron chi connectivity index (χ4n) is 1.08. The van der Waals surface area contributed by atoms with Crippen LogP contribution in [0.15, 0.2) is 0 Å². The van der Waals surface area contributed by atoms with Crippen molar-refractivity contribution in [3.05, 3.63) is 0 Å². The Kier molecular flexibility index (Phi) is 9.52. The minimum atomic E-state index is 0.0791. The molecule has 0 aliphatic heterocycles. The molecule has 4 heteroatoms. The van der Waals surface area contributed by atoms with Gasteiger partial charge in [0.05, 0.1) is 6.54 Å². The van der Waals surface area contributed by atoms with Crippen molar-refractivity contribution in [1.82, 2.24) is 10.6 Å². The van der Waals surface area contributed by atoms with Gasteiger partial charge >= 0.3 is 0 Å². The maximum absolute atomic E-state index is 11.2. The van der Waals surface area contributed by atoms with Gasteiger partial charge in [0.25, 0.3) is 0 Å². The van der Waals surface area contributed by atoms with Crippen molar-refractivity contribution in [1.29, 1.82) is 0 Å². The predicted molar refractivity (Wildman–Crippen MR) is 61.8 cm³/mol. The van der Waals surface area contributed by atoms with Gasteiger partial charge in [0, 0.05) is 20.3 Å². The van der Waals surface area contributed by atoms with Gasteiger partial charge in [-0.25, -0.2) is 0 Å². The van der Waals surface area contributed by atoms with E-state index in [2.05, 4.69) is 24.5 Å². The average Bonchev–Trinajstić information content (AvgIpc) is 2.20. The number of amides is 1. The standard InChI is InChI=1S/C11H24N2O2/c1-10(2)8-13-11(14)9-12-6-4-5-7-15-3/h10,12H,4-9H2,1-3H3,(H,13,14). The van der Waals surface area contributed by atoms with E-state index < -0.39 is 0 Å². The van der Waals surface area contributed by atoms with Gasteiger partial charge in [-0.3, -0.25) is 4.79 Å². The van der Waals surface area contributed by atoms with Crippen LogP contribution in [-0.4, -0.2) is 39.3 Å². The highest BCUT2D eigenvalue weighted by atomic mass is 16.5. The Balaban J connectivity index is 3.17. The number of ether oxygens (including phenoxy) is 1. The second kappa shape index (κ2) is 9.93. The van der Waals surface area contributed by atoms with Gasteiger partial charge in [0.2, 0.25) is 5.91 Å². The number of hydrogen-bond donors (Lipinski definition) is 2. The molecule has 0 heterocycles. The number of rotatable bonds is 9. The molecule has 2 N–H and O–H groups in total.